The van der Waals surface area contributed by atoms with E-state index in [4.69, 9.17) is 0 Å². The van der Waals surface area contributed by atoms with Gasteiger partial charge in [-0.1, -0.05) is 6.92 Å². The van der Waals surface area contributed by atoms with Gasteiger partial charge in [0.2, 0.25) is 0 Å². The number of aromatic nitrogens is 2. The number of halogens is 1. The fourth-order valence-electron chi connectivity index (χ4n) is 1.85. The summed E-state index contributed by atoms with van der Waals surface area (Å²) in [4.78, 5) is 8.91. The molecule has 106 valence electrons. The Kier molecular flexibility index (Phi) is 4.87. The molecule has 0 radical (unpaired) electrons. The summed E-state index contributed by atoms with van der Waals surface area (Å²) in [5, 5.41) is 6.36. The maximum Gasteiger partial charge on any atom is 0.136 e. The molecule has 1 aromatic carbocycles. The number of aryl methyl sites for hydroxylation is 1. The fraction of sp³-hybridized carbons (Fsp3) is 0.333. The summed E-state index contributed by atoms with van der Waals surface area (Å²) in [5.41, 5.74) is 0.801. The fourth-order valence-corrected chi connectivity index (χ4v) is 1.85. The third kappa shape index (κ3) is 3.91. The Bertz CT molecular complexity index is 530. The average molecular weight is 274 g/mol. The van der Waals surface area contributed by atoms with Crippen LogP contribution in [-0.4, -0.2) is 16.5 Å². The summed E-state index contributed by atoms with van der Waals surface area (Å²) < 4.78 is 12.9. The van der Waals surface area contributed by atoms with Crippen LogP contribution in [0, 0.1) is 5.82 Å². The second-order valence-corrected chi connectivity index (χ2v) is 4.47. The topological polar surface area (TPSA) is 49.8 Å². The average Bonchev–Trinajstić information content (AvgIpc) is 2.42. The molecule has 0 saturated carbocycles. The van der Waals surface area contributed by atoms with Crippen molar-refractivity contribution in [3.63, 3.8) is 0 Å². The maximum atomic E-state index is 12.9. The van der Waals surface area contributed by atoms with Gasteiger partial charge in [0.05, 0.1) is 0 Å². The van der Waals surface area contributed by atoms with Crippen molar-refractivity contribution >= 4 is 17.3 Å². The molecule has 0 spiro atoms. The molecule has 0 amide bonds. The van der Waals surface area contributed by atoms with Gasteiger partial charge < -0.3 is 10.6 Å². The van der Waals surface area contributed by atoms with Crippen molar-refractivity contribution < 1.29 is 4.39 Å². The number of nitrogens with one attached hydrogen (secondary N) is 2. The van der Waals surface area contributed by atoms with E-state index in [1.54, 1.807) is 12.1 Å². The first kappa shape index (κ1) is 14.2. The lowest BCUT2D eigenvalue weighted by Crippen LogP contribution is -2.06. The van der Waals surface area contributed by atoms with Gasteiger partial charge in [0.1, 0.15) is 23.3 Å². The van der Waals surface area contributed by atoms with E-state index >= 15 is 0 Å². The van der Waals surface area contributed by atoms with Gasteiger partial charge in [-0.2, -0.15) is 0 Å². The van der Waals surface area contributed by atoms with E-state index in [0.29, 0.717) is 5.82 Å². The third-order valence-electron chi connectivity index (χ3n) is 2.72. The number of rotatable bonds is 6. The van der Waals surface area contributed by atoms with Gasteiger partial charge >= 0.3 is 0 Å². The van der Waals surface area contributed by atoms with Gasteiger partial charge in [-0.3, -0.25) is 0 Å². The van der Waals surface area contributed by atoms with Gasteiger partial charge in [0.25, 0.3) is 0 Å². The minimum Gasteiger partial charge on any atom is -0.370 e. The number of nitrogens with zero attached hydrogens (tertiary/aromatic N) is 2. The summed E-state index contributed by atoms with van der Waals surface area (Å²) in [5.74, 6) is 2.07. The first-order valence-corrected chi connectivity index (χ1v) is 6.85. The van der Waals surface area contributed by atoms with Crippen LogP contribution in [0.4, 0.5) is 21.7 Å². The van der Waals surface area contributed by atoms with E-state index in [2.05, 4.69) is 27.5 Å². The second kappa shape index (κ2) is 6.84. The number of hydrogen-bond donors (Lipinski definition) is 2. The van der Waals surface area contributed by atoms with E-state index in [1.807, 2.05) is 13.0 Å². The van der Waals surface area contributed by atoms with Gasteiger partial charge in [-0.05, 0) is 37.6 Å². The molecule has 2 aromatic rings. The lowest BCUT2D eigenvalue weighted by Gasteiger charge is -2.10. The molecule has 4 nitrogen and oxygen atoms in total. The highest BCUT2D eigenvalue weighted by Gasteiger charge is 2.04. The molecular formula is C15H19FN4. The van der Waals surface area contributed by atoms with Gasteiger partial charge in [0, 0.05) is 24.7 Å². The van der Waals surface area contributed by atoms with E-state index in [9.17, 15) is 4.39 Å². The van der Waals surface area contributed by atoms with Crippen molar-refractivity contribution in [2.75, 3.05) is 17.2 Å². The molecule has 0 aliphatic carbocycles. The van der Waals surface area contributed by atoms with Gasteiger partial charge in [0.15, 0.2) is 0 Å². The third-order valence-corrected chi connectivity index (χ3v) is 2.72. The summed E-state index contributed by atoms with van der Waals surface area (Å²) in [6.45, 7) is 4.92. The molecule has 20 heavy (non-hydrogen) atoms. The second-order valence-electron chi connectivity index (χ2n) is 4.47. The number of benzene rings is 1. The molecule has 0 saturated heterocycles. The molecule has 5 heteroatoms. The lowest BCUT2D eigenvalue weighted by molar-refractivity contribution is 0.628. The summed E-state index contributed by atoms with van der Waals surface area (Å²) in [6.07, 6.45) is 1.82. The summed E-state index contributed by atoms with van der Waals surface area (Å²) >= 11 is 0. The molecule has 2 rings (SSSR count). The van der Waals surface area contributed by atoms with Crippen molar-refractivity contribution in [2.24, 2.45) is 0 Å². The van der Waals surface area contributed by atoms with Crippen molar-refractivity contribution in [1.29, 1.82) is 0 Å². The van der Waals surface area contributed by atoms with Crippen LogP contribution in [0.25, 0.3) is 0 Å². The quantitative estimate of drug-likeness (QED) is 0.842. The number of hydrogen-bond acceptors (Lipinski definition) is 4. The van der Waals surface area contributed by atoms with Crippen molar-refractivity contribution in [3.8, 4) is 0 Å². The first-order valence-electron chi connectivity index (χ1n) is 6.85. The lowest BCUT2D eigenvalue weighted by atomic mass is 10.3. The van der Waals surface area contributed by atoms with Crippen LogP contribution in [0.15, 0.2) is 30.3 Å². The molecule has 0 aliphatic heterocycles. The van der Waals surface area contributed by atoms with Crippen LogP contribution in [0.3, 0.4) is 0 Å². The normalized spacial score (nSPS) is 10.3. The zero-order valence-electron chi connectivity index (χ0n) is 11.8. The van der Waals surface area contributed by atoms with Crippen LogP contribution in [-0.2, 0) is 6.42 Å². The minimum absolute atomic E-state index is 0.252. The Morgan fingerprint density at radius 3 is 2.40 bits per heavy atom. The van der Waals surface area contributed by atoms with Crippen LogP contribution >= 0.6 is 0 Å². The van der Waals surface area contributed by atoms with Crippen LogP contribution in [0.1, 0.15) is 26.1 Å². The Morgan fingerprint density at radius 1 is 1.05 bits per heavy atom. The molecule has 2 N–H and O–H groups in total. The first-order chi connectivity index (χ1) is 9.71. The van der Waals surface area contributed by atoms with E-state index in [-0.39, 0.29) is 5.82 Å². The summed E-state index contributed by atoms with van der Waals surface area (Å²) in [7, 11) is 0. The van der Waals surface area contributed by atoms with Gasteiger partial charge in [-0.25, -0.2) is 14.4 Å². The molecule has 0 bridgehead atoms. The molecule has 0 aliphatic rings. The standard InChI is InChI=1S/C15H19FN4/c1-3-5-13-19-14(17-4-2)10-15(20-13)18-12-8-6-11(16)7-9-12/h6-10H,3-5H2,1-2H3,(H2,17,18,19,20). The molecule has 0 unspecified atom stereocenters. The molecule has 1 aromatic heterocycles. The van der Waals surface area contributed by atoms with Crippen LogP contribution < -0.4 is 10.6 Å². The largest absolute Gasteiger partial charge is 0.370 e. The molecule has 0 atom stereocenters. The predicted molar refractivity (Wildman–Crippen MR) is 79.9 cm³/mol. The smallest absolute Gasteiger partial charge is 0.136 e. The van der Waals surface area contributed by atoms with E-state index in [0.717, 1.165) is 36.7 Å². The Morgan fingerprint density at radius 2 is 1.75 bits per heavy atom. The summed E-state index contributed by atoms with van der Waals surface area (Å²) in [6, 6.07) is 8.06. The highest BCUT2D eigenvalue weighted by molar-refractivity contribution is 5.59. The monoisotopic (exact) mass is 274 g/mol. The van der Waals surface area contributed by atoms with E-state index < -0.39 is 0 Å². The van der Waals surface area contributed by atoms with Crippen molar-refractivity contribution in [3.05, 3.63) is 42.0 Å². The van der Waals surface area contributed by atoms with Gasteiger partial charge in [-0.15, -0.1) is 0 Å². The highest BCUT2D eigenvalue weighted by Crippen LogP contribution is 2.18. The van der Waals surface area contributed by atoms with Crippen molar-refractivity contribution in [1.82, 2.24) is 9.97 Å². The number of anilines is 3. The highest BCUT2D eigenvalue weighted by atomic mass is 19.1. The Hall–Kier alpha value is -2.17. The van der Waals surface area contributed by atoms with Crippen molar-refractivity contribution in [2.45, 2.75) is 26.7 Å². The van der Waals surface area contributed by atoms with Crippen LogP contribution in [0.5, 0.6) is 0 Å². The zero-order chi connectivity index (χ0) is 14.4. The zero-order valence-corrected chi connectivity index (χ0v) is 11.8. The Balaban J connectivity index is 2.22. The molecule has 1 heterocycles. The van der Waals surface area contributed by atoms with E-state index in [1.165, 1.54) is 12.1 Å². The minimum atomic E-state index is -0.252. The predicted octanol–water partition coefficient (Wildman–Crippen LogP) is 3.74. The Labute approximate surface area is 118 Å². The maximum absolute atomic E-state index is 12.9. The SMILES string of the molecule is CCCc1nc(NCC)cc(Nc2ccc(F)cc2)n1. The molecular weight excluding hydrogens is 255 g/mol. The van der Waals surface area contributed by atoms with Crippen LogP contribution in [0.2, 0.25) is 0 Å². The molecule has 0 fully saturated rings.